The van der Waals surface area contributed by atoms with E-state index in [-0.39, 0.29) is 19.1 Å². The number of amides is 3. The fraction of sp³-hybridized carbons (Fsp3) is 0.654. The number of fused-ring (bicyclic) bond motifs is 1. The smallest absolute Gasteiger partial charge is 0.428 e. The van der Waals surface area contributed by atoms with Gasteiger partial charge < -0.3 is 21.1 Å². The summed E-state index contributed by atoms with van der Waals surface area (Å²) in [5.41, 5.74) is 11.0. The highest BCUT2D eigenvalue weighted by atomic mass is 16.6. The lowest BCUT2D eigenvalue weighted by Gasteiger charge is -2.27. The molecule has 9 heteroatoms. The molecule has 0 saturated carbocycles. The van der Waals surface area contributed by atoms with E-state index in [9.17, 15) is 14.4 Å². The van der Waals surface area contributed by atoms with Crippen LogP contribution in [0.5, 0.6) is 0 Å². The van der Waals surface area contributed by atoms with Crippen molar-refractivity contribution >= 4 is 17.9 Å². The summed E-state index contributed by atoms with van der Waals surface area (Å²) in [6, 6.07) is 8.15. The number of unbranched alkanes of at least 4 members (excludes halogenated alkanes) is 2. The lowest BCUT2D eigenvalue weighted by Crippen LogP contribution is -2.52. The average Bonchev–Trinajstić information content (AvgIpc) is 2.87. The van der Waals surface area contributed by atoms with Crippen LogP contribution in [0.4, 0.5) is 4.79 Å². The second kappa shape index (κ2) is 16.1. The Bertz CT molecular complexity index is 804. The molecule has 0 spiro atoms. The molecule has 2 rings (SSSR count). The zero-order valence-electron chi connectivity index (χ0n) is 21.3. The molecule has 1 aliphatic rings. The first-order valence-electron chi connectivity index (χ1n) is 13.0. The number of benzene rings is 1. The van der Waals surface area contributed by atoms with E-state index in [0.29, 0.717) is 25.4 Å². The van der Waals surface area contributed by atoms with Crippen LogP contribution in [0.2, 0.25) is 0 Å². The van der Waals surface area contributed by atoms with Crippen LogP contribution in [0.25, 0.3) is 0 Å². The molecule has 2 atom stereocenters. The van der Waals surface area contributed by atoms with Gasteiger partial charge in [-0.2, -0.15) is 0 Å². The maximum Gasteiger partial charge on any atom is 0.428 e. The van der Waals surface area contributed by atoms with Gasteiger partial charge in [0.05, 0.1) is 19.2 Å². The lowest BCUT2D eigenvalue weighted by atomic mass is 9.84. The van der Waals surface area contributed by atoms with Gasteiger partial charge in [0.15, 0.2) is 0 Å². The quantitative estimate of drug-likeness (QED) is 0.235. The standard InChI is InChI=1S/C26H43N5O4/c1-3-5-16-31(26(34)35-4-2)30-24(32)19-29-25(33)23(12-8-9-15-27)28-18-20-13-14-21-10-6-7-11-22(21)17-20/h6-7,10-11,20,23,28H,3-5,8-9,12-19,27H2,1-2H3,(H,29,33)(H,30,32)/t20?,23-/m0/s1. The third-order valence-electron chi connectivity index (χ3n) is 6.27. The van der Waals surface area contributed by atoms with E-state index >= 15 is 0 Å². The highest BCUT2D eigenvalue weighted by molar-refractivity contribution is 5.88. The molecule has 0 aromatic heterocycles. The first kappa shape index (κ1) is 28.6. The van der Waals surface area contributed by atoms with Gasteiger partial charge in [-0.15, -0.1) is 0 Å². The van der Waals surface area contributed by atoms with E-state index in [1.807, 2.05) is 6.92 Å². The van der Waals surface area contributed by atoms with Crippen molar-refractivity contribution in [3.05, 3.63) is 35.4 Å². The number of nitrogens with one attached hydrogen (secondary N) is 3. The van der Waals surface area contributed by atoms with Gasteiger partial charge in [-0.1, -0.05) is 44.0 Å². The molecule has 1 unspecified atom stereocenters. The van der Waals surface area contributed by atoms with Crippen LogP contribution in [0, 0.1) is 5.92 Å². The van der Waals surface area contributed by atoms with Crippen LogP contribution in [0.3, 0.4) is 0 Å². The number of nitrogens with two attached hydrogens (primary N) is 1. The SMILES string of the molecule is CCCCN(NC(=O)CNC(=O)[C@H](CCCCN)NCC1CCc2ccccc2C1)C(=O)OCC. The van der Waals surface area contributed by atoms with Crippen molar-refractivity contribution in [3.63, 3.8) is 0 Å². The second-order valence-corrected chi connectivity index (χ2v) is 9.08. The molecular weight excluding hydrogens is 446 g/mol. The van der Waals surface area contributed by atoms with Crippen molar-refractivity contribution in [2.24, 2.45) is 11.7 Å². The normalized spacial score (nSPS) is 15.6. The first-order valence-corrected chi connectivity index (χ1v) is 13.0. The third kappa shape index (κ3) is 10.2. The topological polar surface area (TPSA) is 126 Å². The molecule has 3 amide bonds. The van der Waals surface area contributed by atoms with Crippen molar-refractivity contribution in [2.45, 2.75) is 71.3 Å². The summed E-state index contributed by atoms with van der Waals surface area (Å²) in [4.78, 5) is 37.4. The third-order valence-corrected chi connectivity index (χ3v) is 6.27. The number of hydrogen-bond donors (Lipinski definition) is 4. The first-order chi connectivity index (χ1) is 17.0. The molecule has 35 heavy (non-hydrogen) atoms. The molecule has 1 aliphatic carbocycles. The maximum absolute atomic E-state index is 12.9. The number of hydrogen-bond acceptors (Lipinski definition) is 6. The van der Waals surface area contributed by atoms with Crippen LogP contribution in [0.1, 0.15) is 63.5 Å². The van der Waals surface area contributed by atoms with Crippen molar-refractivity contribution < 1.29 is 19.1 Å². The van der Waals surface area contributed by atoms with Crippen LogP contribution in [-0.2, 0) is 27.2 Å². The number of nitrogens with zero attached hydrogens (tertiary/aromatic N) is 1. The fourth-order valence-electron chi connectivity index (χ4n) is 4.27. The van der Waals surface area contributed by atoms with Crippen molar-refractivity contribution in [1.29, 1.82) is 0 Å². The van der Waals surface area contributed by atoms with Gasteiger partial charge in [0, 0.05) is 6.54 Å². The van der Waals surface area contributed by atoms with Gasteiger partial charge in [-0.05, 0) is 75.6 Å². The average molecular weight is 490 g/mol. The number of carbonyl (C=O) groups is 3. The molecule has 1 aromatic carbocycles. The number of carbonyl (C=O) groups excluding carboxylic acids is 3. The molecule has 0 radical (unpaired) electrons. The molecule has 0 saturated heterocycles. The van der Waals surface area contributed by atoms with Crippen molar-refractivity contribution in [3.8, 4) is 0 Å². The van der Waals surface area contributed by atoms with E-state index in [0.717, 1.165) is 51.5 Å². The maximum atomic E-state index is 12.9. The van der Waals surface area contributed by atoms with Crippen molar-refractivity contribution in [2.75, 3.05) is 32.8 Å². The molecule has 0 fully saturated rings. The van der Waals surface area contributed by atoms with Crippen LogP contribution in [-0.4, -0.2) is 61.7 Å². The fourth-order valence-corrected chi connectivity index (χ4v) is 4.27. The Labute approximate surface area is 209 Å². The van der Waals surface area contributed by atoms with Crippen LogP contribution >= 0.6 is 0 Å². The highest BCUT2D eigenvalue weighted by Gasteiger charge is 2.23. The molecule has 0 aliphatic heterocycles. The van der Waals surface area contributed by atoms with E-state index in [1.165, 1.54) is 16.1 Å². The van der Waals surface area contributed by atoms with Crippen molar-refractivity contribution in [1.82, 2.24) is 21.1 Å². The van der Waals surface area contributed by atoms with Gasteiger partial charge in [0.2, 0.25) is 5.91 Å². The highest BCUT2D eigenvalue weighted by Crippen LogP contribution is 2.25. The summed E-state index contributed by atoms with van der Waals surface area (Å²) in [7, 11) is 0. The lowest BCUT2D eigenvalue weighted by molar-refractivity contribution is -0.129. The summed E-state index contributed by atoms with van der Waals surface area (Å²) in [6.07, 6.45) is 6.46. The Morgan fingerprint density at radius 3 is 2.63 bits per heavy atom. The van der Waals surface area contributed by atoms with Gasteiger partial charge in [-0.25, -0.2) is 9.80 Å². The minimum absolute atomic E-state index is 0.216. The molecule has 9 nitrogen and oxygen atoms in total. The summed E-state index contributed by atoms with van der Waals surface area (Å²) in [5.74, 6) is -0.216. The largest absolute Gasteiger partial charge is 0.448 e. The number of aryl methyl sites for hydroxylation is 1. The Hall–Kier alpha value is -2.65. The molecule has 1 aromatic rings. The zero-order valence-corrected chi connectivity index (χ0v) is 21.3. The molecule has 196 valence electrons. The summed E-state index contributed by atoms with van der Waals surface area (Å²) in [5, 5.41) is 7.32. The van der Waals surface area contributed by atoms with Crippen LogP contribution < -0.4 is 21.8 Å². The number of rotatable bonds is 14. The van der Waals surface area contributed by atoms with E-state index < -0.39 is 18.0 Å². The summed E-state index contributed by atoms with van der Waals surface area (Å²) in [6.45, 7) is 5.38. The van der Waals surface area contributed by atoms with Crippen LogP contribution in [0.15, 0.2) is 24.3 Å². The van der Waals surface area contributed by atoms with Gasteiger partial charge in [0.1, 0.15) is 0 Å². The Morgan fingerprint density at radius 1 is 1.14 bits per heavy atom. The Morgan fingerprint density at radius 2 is 1.91 bits per heavy atom. The monoisotopic (exact) mass is 489 g/mol. The van der Waals surface area contributed by atoms with Gasteiger partial charge in [0.25, 0.3) is 5.91 Å². The predicted octanol–water partition coefficient (Wildman–Crippen LogP) is 2.28. The van der Waals surface area contributed by atoms with Gasteiger partial charge >= 0.3 is 6.09 Å². The minimum Gasteiger partial charge on any atom is -0.448 e. The number of hydrazine groups is 1. The summed E-state index contributed by atoms with van der Waals surface area (Å²) >= 11 is 0. The molecule has 0 heterocycles. The predicted molar refractivity (Wildman–Crippen MR) is 136 cm³/mol. The number of ether oxygens (including phenoxy) is 1. The Balaban J connectivity index is 1.86. The van der Waals surface area contributed by atoms with E-state index in [2.05, 4.69) is 40.3 Å². The second-order valence-electron chi connectivity index (χ2n) is 9.08. The van der Waals surface area contributed by atoms with E-state index in [4.69, 9.17) is 10.5 Å². The van der Waals surface area contributed by atoms with Gasteiger partial charge in [-0.3, -0.25) is 15.0 Å². The molecule has 0 bridgehead atoms. The molecular formula is C26H43N5O4. The minimum atomic E-state index is -0.601. The summed E-state index contributed by atoms with van der Waals surface area (Å²) < 4.78 is 5.00. The molecule has 5 N–H and O–H groups in total. The Kier molecular flexibility index (Phi) is 13.2. The zero-order chi connectivity index (χ0) is 25.5. The van der Waals surface area contributed by atoms with E-state index in [1.54, 1.807) is 6.92 Å².